The largest absolute Gasteiger partial charge is 0.489 e. The molecule has 16 nitrogen and oxygen atoms in total. The first-order valence-electron chi connectivity index (χ1n) is 16.6. The predicted octanol–water partition coefficient (Wildman–Crippen LogP) is 3.14. The van der Waals surface area contributed by atoms with Crippen LogP contribution in [-0.2, 0) is 9.59 Å². The van der Waals surface area contributed by atoms with Crippen LogP contribution in [0.2, 0.25) is 0 Å². The number of nitrogens with one attached hydrogen (secondary N) is 4. The van der Waals surface area contributed by atoms with E-state index < -0.39 is 23.6 Å². The van der Waals surface area contributed by atoms with Crippen LogP contribution in [-0.4, -0.2) is 85.0 Å². The van der Waals surface area contributed by atoms with Gasteiger partial charge in [-0.15, -0.1) is 0 Å². The minimum absolute atomic E-state index is 0.0357. The van der Waals surface area contributed by atoms with E-state index in [1.54, 1.807) is 54.6 Å². The zero-order valence-electron chi connectivity index (χ0n) is 29.6. The van der Waals surface area contributed by atoms with Crippen LogP contribution in [0.1, 0.15) is 43.0 Å². The van der Waals surface area contributed by atoms with E-state index in [1.165, 1.54) is 47.7 Å². The van der Waals surface area contributed by atoms with Crippen LogP contribution in [0.25, 0.3) is 12.2 Å². The Morgan fingerprint density at radius 3 is 1.89 bits per heavy atom. The van der Waals surface area contributed by atoms with Crippen LogP contribution in [0, 0.1) is 0 Å². The summed E-state index contributed by atoms with van der Waals surface area (Å²) >= 11 is 0. The number of nitrogens with zero attached hydrogens (tertiary/aromatic N) is 3. The number of anilines is 1. The molecule has 55 heavy (non-hydrogen) atoms. The summed E-state index contributed by atoms with van der Waals surface area (Å²) in [5.41, 5.74) is 11.7. The van der Waals surface area contributed by atoms with Gasteiger partial charge in [0, 0.05) is 53.7 Å². The fourth-order valence-corrected chi connectivity index (χ4v) is 4.68. The number of hydrazone groups is 2. The van der Waals surface area contributed by atoms with Crippen molar-refractivity contribution in [2.75, 3.05) is 38.3 Å². The zero-order chi connectivity index (χ0) is 39.4. The van der Waals surface area contributed by atoms with Crippen LogP contribution >= 0.6 is 0 Å². The molecule has 4 aromatic carbocycles. The molecular weight excluding hydrogens is 710 g/mol. The number of hydrogen-bond acceptors (Lipinski definition) is 12. The molecule has 4 aromatic rings. The van der Waals surface area contributed by atoms with Gasteiger partial charge in [0.1, 0.15) is 24.7 Å². The van der Waals surface area contributed by atoms with Gasteiger partial charge >= 0.3 is 0 Å². The predicted molar refractivity (Wildman–Crippen MR) is 205 cm³/mol. The van der Waals surface area contributed by atoms with Gasteiger partial charge in [-0.3, -0.25) is 29.6 Å². The molecular formula is C39H39N7O9. The number of para-hydroxylation sites is 1. The van der Waals surface area contributed by atoms with E-state index in [9.17, 15) is 19.2 Å². The summed E-state index contributed by atoms with van der Waals surface area (Å²) in [6.07, 6.45) is 7.98. The highest BCUT2D eigenvalue weighted by atomic mass is 16.5. The molecule has 0 bridgehead atoms. The number of carbonyl (C=O) groups is 4. The van der Waals surface area contributed by atoms with Gasteiger partial charge in [-0.2, -0.15) is 10.2 Å². The molecule has 0 aromatic heterocycles. The Morgan fingerprint density at radius 2 is 1.24 bits per heavy atom. The number of hydrogen-bond donors (Lipinski definition) is 7. The maximum atomic E-state index is 12.9. The highest BCUT2D eigenvalue weighted by Crippen LogP contribution is 2.23. The molecule has 0 saturated heterocycles. The van der Waals surface area contributed by atoms with Gasteiger partial charge in [-0.25, -0.2) is 21.8 Å². The second-order valence-electron chi connectivity index (χ2n) is 11.4. The van der Waals surface area contributed by atoms with Gasteiger partial charge in [-0.1, -0.05) is 36.4 Å². The number of likely N-dealkylation sites (N-methyl/N-ethyl adjacent to an activating group) is 1. The van der Waals surface area contributed by atoms with Crippen molar-refractivity contribution in [2.24, 2.45) is 10.2 Å². The third kappa shape index (κ3) is 13.1. The van der Waals surface area contributed by atoms with Gasteiger partial charge in [0.05, 0.1) is 19.0 Å². The molecule has 4 amide bonds. The van der Waals surface area contributed by atoms with Gasteiger partial charge in [0.2, 0.25) is 0 Å². The van der Waals surface area contributed by atoms with Crippen LogP contribution in [0.4, 0.5) is 5.69 Å². The quantitative estimate of drug-likeness (QED) is 0.0259. The second kappa shape index (κ2) is 21.4. The number of benzene rings is 4. The summed E-state index contributed by atoms with van der Waals surface area (Å²) in [7, 11) is 1.87. The van der Waals surface area contributed by atoms with E-state index in [-0.39, 0.29) is 25.4 Å². The number of rotatable bonds is 18. The van der Waals surface area contributed by atoms with Crippen molar-refractivity contribution in [3.05, 3.63) is 137 Å². The van der Waals surface area contributed by atoms with Gasteiger partial charge in [0.25, 0.3) is 23.6 Å². The van der Waals surface area contributed by atoms with Gasteiger partial charge in [0.15, 0.2) is 0 Å². The normalized spacial score (nSPS) is 11.2. The smallest absolute Gasteiger partial charge is 0.271 e. The standard InChI is InChI=1S/C39H39N7O9/c1-46(20-21-47)33-15-8-28(9-16-33)25-40-43-39(51)31-13-17-35(30(24-31)14-19-37(49)45-53)55-23-22-54-34-5-3-2-4-32(34)26-41-42-38(50)29-11-6-27(7-12-29)10-18-36(48)44-52/h2-19,24-26,47,52-53H,20-23H2,1H3,(H,42,50)(H,43,51)(H,44,48)(H,45,49)/b18-10+,19-14+,40-25+,41-26+. The zero-order valence-corrected chi connectivity index (χ0v) is 29.6. The summed E-state index contributed by atoms with van der Waals surface area (Å²) < 4.78 is 11.8. The summed E-state index contributed by atoms with van der Waals surface area (Å²) in [5, 5.41) is 34.7. The minimum Gasteiger partial charge on any atom is -0.489 e. The molecule has 0 aliphatic heterocycles. The number of carbonyl (C=O) groups excluding carboxylic acids is 4. The third-order valence-corrected chi connectivity index (χ3v) is 7.54. The lowest BCUT2D eigenvalue weighted by Crippen LogP contribution is -2.21. The number of amides is 4. The molecule has 0 spiro atoms. The average molecular weight is 750 g/mol. The Morgan fingerprint density at radius 1 is 0.673 bits per heavy atom. The summed E-state index contributed by atoms with van der Waals surface area (Å²) in [5.74, 6) is -1.65. The number of aliphatic hydroxyl groups is 1. The molecule has 0 aliphatic carbocycles. The van der Waals surface area contributed by atoms with Crippen molar-refractivity contribution in [3.63, 3.8) is 0 Å². The lowest BCUT2D eigenvalue weighted by Gasteiger charge is -2.17. The van der Waals surface area contributed by atoms with Crippen LogP contribution in [0.5, 0.6) is 11.5 Å². The molecule has 16 heteroatoms. The summed E-state index contributed by atoms with van der Waals surface area (Å²) in [6.45, 7) is 0.687. The van der Waals surface area contributed by atoms with E-state index in [2.05, 4.69) is 21.1 Å². The van der Waals surface area contributed by atoms with E-state index >= 15 is 0 Å². The number of hydroxylamine groups is 2. The molecule has 0 fully saturated rings. The van der Waals surface area contributed by atoms with E-state index in [4.69, 9.17) is 25.0 Å². The molecule has 0 heterocycles. The Hall–Kier alpha value is -7.14. The van der Waals surface area contributed by atoms with Crippen molar-refractivity contribution in [3.8, 4) is 11.5 Å². The first-order valence-corrected chi connectivity index (χ1v) is 16.6. The lowest BCUT2D eigenvalue weighted by atomic mass is 10.1. The maximum absolute atomic E-state index is 12.9. The Balaban J connectivity index is 1.33. The fraction of sp³-hybridized carbons (Fsp3) is 0.128. The fourth-order valence-electron chi connectivity index (χ4n) is 4.68. The van der Waals surface area contributed by atoms with Gasteiger partial charge in [-0.05, 0) is 77.9 Å². The van der Waals surface area contributed by atoms with Crippen molar-refractivity contribution < 1.29 is 44.2 Å². The van der Waals surface area contributed by atoms with Crippen molar-refractivity contribution in [1.82, 2.24) is 21.8 Å². The topological polar surface area (TPSA) is 224 Å². The molecule has 0 radical (unpaired) electrons. The summed E-state index contributed by atoms with van der Waals surface area (Å²) in [4.78, 5) is 50.2. The third-order valence-electron chi connectivity index (χ3n) is 7.54. The number of ether oxygens (including phenoxy) is 2. The molecule has 0 unspecified atom stereocenters. The number of aliphatic hydroxyl groups excluding tert-OH is 1. The van der Waals surface area contributed by atoms with E-state index in [0.29, 0.717) is 40.3 Å². The van der Waals surface area contributed by atoms with Crippen molar-refractivity contribution in [2.45, 2.75) is 0 Å². The molecule has 0 aliphatic rings. The minimum atomic E-state index is -0.783. The SMILES string of the molecule is CN(CCO)c1ccc(/C=N/NC(=O)c2ccc(OCCOc3ccccc3/C=N/NC(=O)c3ccc(/C=C/C(=O)NO)cc3)c(/C=C/C(=O)NO)c2)cc1. The average Bonchev–Trinajstić information content (AvgIpc) is 3.21. The summed E-state index contributed by atoms with van der Waals surface area (Å²) in [6, 6.07) is 25.3. The monoisotopic (exact) mass is 749 g/mol. The Labute approximate surface area is 316 Å². The Kier molecular flexibility index (Phi) is 15.8. The van der Waals surface area contributed by atoms with Crippen molar-refractivity contribution in [1.29, 1.82) is 0 Å². The molecule has 284 valence electrons. The van der Waals surface area contributed by atoms with E-state index in [1.807, 2.05) is 36.2 Å². The molecule has 0 saturated carbocycles. The van der Waals surface area contributed by atoms with E-state index in [0.717, 1.165) is 23.4 Å². The highest BCUT2D eigenvalue weighted by Gasteiger charge is 2.11. The van der Waals surface area contributed by atoms with Gasteiger partial charge < -0.3 is 19.5 Å². The molecule has 7 N–H and O–H groups in total. The van der Waals surface area contributed by atoms with Crippen molar-refractivity contribution >= 4 is 53.9 Å². The lowest BCUT2D eigenvalue weighted by molar-refractivity contribution is -0.124. The van der Waals surface area contributed by atoms with Crippen LogP contribution < -0.4 is 36.2 Å². The molecule has 4 rings (SSSR count). The Bertz CT molecular complexity index is 2050. The van der Waals surface area contributed by atoms with Crippen LogP contribution in [0.3, 0.4) is 0 Å². The second-order valence-corrected chi connectivity index (χ2v) is 11.4. The first kappa shape index (κ1) is 40.6. The maximum Gasteiger partial charge on any atom is 0.271 e. The van der Waals surface area contributed by atoms with Crippen LogP contribution in [0.15, 0.2) is 113 Å². The molecule has 0 atom stereocenters. The highest BCUT2D eigenvalue weighted by molar-refractivity contribution is 5.97. The first-order chi connectivity index (χ1) is 26.7.